The minimum absolute atomic E-state index is 0.00423. The lowest BCUT2D eigenvalue weighted by atomic mass is 9.80. The summed E-state index contributed by atoms with van der Waals surface area (Å²) in [6.07, 6.45) is 10.6. The zero-order valence-electron chi connectivity index (χ0n) is 21.2. The van der Waals surface area contributed by atoms with Crippen molar-refractivity contribution in [3.05, 3.63) is 35.2 Å². The SMILES string of the molecule is CCNCCN1CCC[C@H](C2CN(c3cnc4c(C#N)nn(C(C)C/C=C\C(Cl)=C/CCl)c4n3)C2)C1. The predicted molar refractivity (Wildman–Crippen MR) is 147 cm³/mol. The molecule has 8 nitrogen and oxygen atoms in total. The molecule has 2 aromatic heterocycles. The predicted octanol–water partition coefficient (Wildman–Crippen LogP) is 4.32. The standard InChI is InChI=1S/C26H36Cl2N8/c1-3-30-11-13-34-12-5-7-20(16-34)21-17-35(18-21)24-15-31-25-23(14-29)33-36(26(25)32-24)19(2)6-4-8-22(28)9-10-27/h4,8-9,15,19-21,30H,3,5-7,10-13,16-18H2,1-2H3/b8-4-,22-9+/t19?,20-/m0/s1. The summed E-state index contributed by atoms with van der Waals surface area (Å²) in [5, 5.41) is 18.1. The third-order valence-corrected chi connectivity index (χ3v) is 7.67. The number of hydrogen-bond acceptors (Lipinski definition) is 7. The number of rotatable bonds is 11. The minimum Gasteiger partial charge on any atom is -0.355 e. The number of likely N-dealkylation sites (N-methyl/N-ethyl adjacent to an activating group) is 1. The van der Waals surface area contributed by atoms with Crippen LogP contribution in [0.3, 0.4) is 0 Å². The Morgan fingerprint density at radius 3 is 2.92 bits per heavy atom. The molecule has 0 amide bonds. The van der Waals surface area contributed by atoms with E-state index in [1.807, 2.05) is 16.8 Å². The third-order valence-electron chi connectivity index (χ3n) is 7.24. The van der Waals surface area contributed by atoms with Gasteiger partial charge >= 0.3 is 0 Å². The molecule has 194 valence electrons. The summed E-state index contributed by atoms with van der Waals surface area (Å²) in [5.41, 5.74) is 1.52. The van der Waals surface area contributed by atoms with Gasteiger partial charge in [-0.15, -0.1) is 11.6 Å². The molecule has 0 aliphatic carbocycles. The van der Waals surface area contributed by atoms with Crippen molar-refractivity contribution in [2.75, 3.05) is 56.6 Å². The van der Waals surface area contributed by atoms with Gasteiger partial charge in [0.05, 0.1) is 12.2 Å². The first-order valence-corrected chi connectivity index (χ1v) is 13.9. The molecule has 0 saturated carbocycles. The molecule has 1 unspecified atom stereocenters. The van der Waals surface area contributed by atoms with Gasteiger partial charge in [0.1, 0.15) is 17.4 Å². The number of nitriles is 1. The fourth-order valence-electron chi connectivity index (χ4n) is 5.14. The lowest BCUT2D eigenvalue weighted by molar-refractivity contribution is 0.120. The van der Waals surface area contributed by atoms with E-state index in [0.717, 1.165) is 44.5 Å². The highest BCUT2D eigenvalue weighted by Crippen LogP contribution is 2.34. The summed E-state index contributed by atoms with van der Waals surface area (Å²) in [5.74, 6) is 2.67. The van der Waals surface area contributed by atoms with Crippen molar-refractivity contribution in [1.29, 1.82) is 5.26 Å². The summed E-state index contributed by atoms with van der Waals surface area (Å²) in [6.45, 7) is 11.9. The Kier molecular flexibility index (Phi) is 9.60. The number of halogens is 2. The third kappa shape index (κ3) is 6.38. The number of piperidine rings is 1. The van der Waals surface area contributed by atoms with Crippen molar-refractivity contribution in [1.82, 2.24) is 30.0 Å². The molecule has 0 bridgehead atoms. The van der Waals surface area contributed by atoms with Crippen LogP contribution < -0.4 is 10.2 Å². The molecular formula is C26H36Cl2N8. The molecule has 2 aliphatic rings. The van der Waals surface area contributed by atoms with Crippen LogP contribution >= 0.6 is 23.2 Å². The van der Waals surface area contributed by atoms with Crippen molar-refractivity contribution < 1.29 is 0 Å². The van der Waals surface area contributed by atoms with Crippen LogP contribution in [0.15, 0.2) is 29.5 Å². The Morgan fingerprint density at radius 1 is 1.33 bits per heavy atom. The maximum atomic E-state index is 9.58. The zero-order valence-corrected chi connectivity index (χ0v) is 22.7. The first kappa shape index (κ1) is 26.9. The first-order chi connectivity index (χ1) is 17.5. The number of hydrogen-bond donors (Lipinski definition) is 1. The van der Waals surface area contributed by atoms with Crippen LogP contribution in [0.2, 0.25) is 0 Å². The highest BCUT2D eigenvalue weighted by molar-refractivity contribution is 6.31. The molecular weight excluding hydrogens is 495 g/mol. The molecule has 2 atom stereocenters. The van der Waals surface area contributed by atoms with Gasteiger partial charge in [0.15, 0.2) is 11.3 Å². The minimum atomic E-state index is -0.00423. The molecule has 0 radical (unpaired) electrons. The number of nitrogens with zero attached hydrogens (tertiary/aromatic N) is 7. The Balaban J connectivity index is 1.41. The van der Waals surface area contributed by atoms with Crippen LogP contribution in [-0.4, -0.2) is 76.3 Å². The summed E-state index contributed by atoms with van der Waals surface area (Å²) in [6, 6.07) is 2.16. The van der Waals surface area contributed by atoms with Crippen LogP contribution in [0.25, 0.3) is 11.2 Å². The van der Waals surface area contributed by atoms with E-state index in [4.69, 9.17) is 28.2 Å². The average molecular weight is 532 g/mol. The van der Waals surface area contributed by atoms with E-state index in [9.17, 15) is 5.26 Å². The molecule has 10 heteroatoms. The van der Waals surface area contributed by atoms with E-state index in [-0.39, 0.29) is 6.04 Å². The van der Waals surface area contributed by atoms with Gasteiger partial charge < -0.3 is 15.1 Å². The summed E-state index contributed by atoms with van der Waals surface area (Å²) in [7, 11) is 0. The van der Waals surface area contributed by atoms with E-state index >= 15 is 0 Å². The fourth-order valence-corrected chi connectivity index (χ4v) is 5.56. The molecule has 0 spiro atoms. The number of fused-ring (bicyclic) bond motifs is 1. The van der Waals surface area contributed by atoms with Crippen molar-refractivity contribution in [3.8, 4) is 6.07 Å². The summed E-state index contributed by atoms with van der Waals surface area (Å²) in [4.78, 5) is 14.4. The normalized spacial score (nSPS) is 20.7. The monoisotopic (exact) mass is 530 g/mol. The van der Waals surface area contributed by atoms with E-state index in [1.54, 1.807) is 12.3 Å². The second-order valence-electron chi connectivity index (χ2n) is 9.76. The lowest BCUT2D eigenvalue weighted by Crippen LogP contribution is -2.54. The fraction of sp³-hybridized carbons (Fsp3) is 0.615. The highest BCUT2D eigenvalue weighted by Gasteiger charge is 2.36. The second-order valence-corrected chi connectivity index (χ2v) is 10.5. The van der Waals surface area contributed by atoms with Crippen molar-refractivity contribution in [3.63, 3.8) is 0 Å². The summed E-state index contributed by atoms with van der Waals surface area (Å²) < 4.78 is 1.81. The molecule has 4 rings (SSSR count). The number of allylic oxidation sites excluding steroid dienone is 4. The summed E-state index contributed by atoms with van der Waals surface area (Å²) >= 11 is 11.8. The van der Waals surface area contributed by atoms with Crippen LogP contribution in [-0.2, 0) is 0 Å². The highest BCUT2D eigenvalue weighted by atomic mass is 35.5. The number of anilines is 1. The van der Waals surface area contributed by atoms with Gasteiger partial charge in [-0.1, -0.05) is 30.7 Å². The average Bonchev–Trinajstić information content (AvgIpc) is 3.22. The topological polar surface area (TPSA) is 85.9 Å². The maximum absolute atomic E-state index is 9.58. The number of nitrogens with one attached hydrogen (secondary N) is 1. The molecule has 2 aliphatic heterocycles. The zero-order chi connectivity index (χ0) is 25.5. The van der Waals surface area contributed by atoms with Gasteiger partial charge in [-0.05, 0) is 57.2 Å². The maximum Gasteiger partial charge on any atom is 0.190 e. The van der Waals surface area contributed by atoms with Gasteiger partial charge in [-0.25, -0.2) is 14.6 Å². The van der Waals surface area contributed by atoms with Gasteiger partial charge in [0, 0.05) is 43.6 Å². The van der Waals surface area contributed by atoms with Gasteiger partial charge in [-0.2, -0.15) is 10.4 Å². The second kappa shape index (κ2) is 12.9. The molecule has 2 fully saturated rings. The Labute approximate surface area is 224 Å². The quantitative estimate of drug-likeness (QED) is 0.263. The Bertz CT molecular complexity index is 1120. The molecule has 1 N–H and O–H groups in total. The van der Waals surface area contributed by atoms with Gasteiger partial charge in [0.2, 0.25) is 0 Å². The largest absolute Gasteiger partial charge is 0.355 e. The van der Waals surface area contributed by atoms with Crippen LogP contribution in [0.1, 0.15) is 44.8 Å². The van der Waals surface area contributed by atoms with E-state index in [1.165, 1.54) is 25.9 Å². The van der Waals surface area contributed by atoms with Crippen LogP contribution in [0.4, 0.5) is 5.82 Å². The Hall–Kier alpha value is -2.18. The van der Waals surface area contributed by atoms with Crippen LogP contribution in [0.5, 0.6) is 0 Å². The van der Waals surface area contributed by atoms with Crippen molar-refractivity contribution >= 4 is 40.2 Å². The molecule has 0 aromatic carbocycles. The van der Waals surface area contributed by atoms with Crippen LogP contribution in [0, 0.1) is 23.2 Å². The van der Waals surface area contributed by atoms with Gasteiger partial charge in [-0.3, -0.25) is 0 Å². The first-order valence-electron chi connectivity index (χ1n) is 13.0. The van der Waals surface area contributed by atoms with E-state index in [2.05, 4.69) is 45.1 Å². The number of aromatic nitrogens is 4. The number of likely N-dealkylation sites (tertiary alicyclic amines) is 1. The van der Waals surface area contributed by atoms with Crippen molar-refractivity contribution in [2.45, 2.75) is 39.2 Å². The van der Waals surface area contributed by atoms with E-state index in [0.29, 0.717) is 40.1 Å². The smallest absolute Gasteiger partial charge is 0.190 e. The van der Waals surface area contributed by atoms with Gasteiger partial charge in [0.25, 0.3) is 0 Å². The molecule has 2 aromatic rings. The molecule has 2 saturated heterocycles. The Morgan fingerprint density at radius 2 is 2.17 bits per heavy atom. The van der Waals surface area contributed by atoms with Crippen molar-refractivity contribution in [2.24, 2.45) is 11.8 Å². The lowest BCUT2D eigenvalue weighted by Gasteiger charge is -2.47. The molecule has 36 heavy (non-hydrogen) atoms. The number of alkyl halides is 1. The van der Waals surface area contributed by atoms with E-state index < -0.39 is 0 Å². The molecule has 4 heterocycles.